The number of benzene rings is 2. The number of carbonyl (C=O) groups excluding carboxylic acids is 1. The Morgan fingerprint density at radius 1 is 1.07 bits per heavy atom. The molecule has 0 atom stereocenters. The summed E-state index contributed by atoms with van der Waals surface area (Å²) in [6.45, 7) is 1.74. The fraction of sp³-hybridized carbons (Fsp3) is 0.316. The Bertz CT molecular complexity index is 1010. The molecule has 156 valence electrons. The maximum Gasteiger partial charge on any atom is 0.261 e. The summed E-state index contributed by atoms with van der Waals surface area (Å²) in [5.74, 6) is 0.417. The molecule has 29 heavy (non-hydrogen) atoms. The second-order valence-corrected chi connectivity index (χ2v) is 8.31. The Morgan fingerprint density at radius 3 is 2.34 bits per heavy atom. The van der Waals surface area contributed by atoms with E-state index in [0.29, 0.717) is 37.8 Å². The van der Waals surface area contributed by atoms with Crippen molar-refractivity contribution in [1.82, 2.24) is 4.90 Å². The summed E-state index contributed by atoms with van der Waals surface area (Å²) < 4.78 is 43.7. The molecule has 0 unspecified atom stereocenters. The number of sulfonamides is 1. The first kappa shape index (κ1) is 21.2. The van der Waals surface area contributed by atoms with Crippen LogP contribution in [0, 0.1) is 0 Å². The topological polar surface area (TPSA) is 94.2 Å². The molecule has 1 amide bonds. The van der Waals surface area contributed by atoms with Crippen molar-refractivity contribution in [2.24, 2.45) is 0 Å². The molecule has 0 aromatic heterocycles. The third kappa shape index (κ3) is 4.75. The number of hydrogen-bond donors (Lipinski definition) is 1. The van der Waals surface area contributed by atoms with E-state index in [1.54, 1.807) is 11.0 Å². The van der Waals surface area contributed by atoms with Crippen LogP contribution in [0.15, 0.2) is 41.3 Å². The van der Waals surface area contributed by atoms with Crippen molar-refractivity contribution in [3.63, 3.8) is 0 Å². The molecule has 2 aromatic rings. The molecule has 0 bridgehead atoms. The van der Waals surface area contributed by atoms with Gasteiger partial charge in [0.25, 0.3) is 15.9 Å². The van der Waals surface area contributed by atoms with Gasteiger partial charge in [0, 0.05) is 13.1 Å². The summed E-state index contributed by atoms with van der Waals surface area (Å²) in [5, 5.41) is 0.269. The number of methoxy groups -OCH3 is 2. The standard InChI is InChI=1S/C19H21ClN2O6S/c1-26-17-6-4-14(12-15(17)19(23)22-7-9-28-10-8-22)29(24,25)21-13-3-5-18(27-2)16(20)11-13/h3-6,11-12,21H,7-10H2,1-2H3. The van der Waals surface area contributed by atoms with Crippen LogP contribution in [0.1, 0.15) is 10.4 Å². The van der Waals surface area contributed by atoms with Crippen molar-refractivity contribution >= 4 is 33.2 Å². The van der Waals surface area contributed by atoms with Gasteiger partial charge in [-0.25, -0.2) is 8.42 Å². The van der Waals surface area contributed by atoms with Crippen molar-refractivity contribution in [1.29, 1.82) is 0 Å². The fourth-order valence-electron chi connectivity index (χ4n) is 2.90. The lowest BCUT2D eigenvalue weighted by Crippen LogP contribution is -2.40. The molecule has 1 N–H and O–H groups in total. The maximum atomic E-state index is 12.9. The smallest absolute Gasteiger partial charge is 0.261 e. The molecule has 1 saturated heterocycles. The van der Waals surface area contributed by atoms with Crippen LogP contribution in [-0.4, -0.2) is 59.7 Å². The summed E-state index contributed by atoms with van der Waals surface area (Å²) >= 11 is 6.06. The largest absolute Gasteiger partial charge is 0.496 e. The fourth-order valence-corrected chi connectivity index (χ4v) is 4.24. The highest BCUT2D eigenvalue weighted by molar-refractivity contribution is 7.92. The van der Waals surface area contributed by atoms with E-state index in [4.69, 9.17) is 25.8 Å². The zero-order valence-electron chi connectivity index (χ0n) is 16.0. The molecule has 2 aromatic carbocycles. The van der Waals surface area contributed by atoms with Crippen LogP contribution in [0.5, 0.6) is 11.5 Å². The quantitative estimate of drug-likeness (QED) is 0.742. The SMILES string of the molecule is COc1ccc(NS(=O)(=O)c2ccc(OC)c(C(=O)N3CCOCC3)c2)cc1Cl. The minimum Gasteiger partial charge on any atom is -0.496 e. The highest BCUT2D eigenvalue weighted by Crippen LogP contribution is 2.29. The second-order valence-electron chi connectivity index (χ2n) is 6.22. The number of carbonyl (C=O) groups is 1. The Balaban J connectivity index is 1.91. The first-order chi connectivity index (χ1) is 13.9. The molecule has 1 aliphatic heterocycles. The van der Waals surface area contributed by atoms with Gasteiger partial charge in [0.15, 0.2) is 0 Å². The number of nitrogens with zero attached hydrogens (tertiary/aromatic N) is 1. The van der Waals surface area contributed by atoms with Gasteiger partial charge >= 0.3 is 0 Å². The van der Waals surface area contributed by atoms with Crippen molar-refractivity contribution in [2.75, 3.05) is 45.2 Å². The van der Waals surface area contributed by atoms with Crippen molar-refractivity contribution in [3.05, 3.63) is 47.0 Å². The lowest BCUT2D eigenvalue weighted by atomic mass is 10.1. The molecule has 0 radical (unpaired) electrons. The predicted octanol–water partition coefficient (Wildman–Crippen LogP) is 2.63. The summed E-state index contributed by atoms with van der Waals surface area (Å²) in [6, 6.07) is 8.68. The van der Waals surface area contributed by atoms with Gasteiger partial charge in [0.2, 0.25) is 0 Å². The van der Waals surface area contributed by atoms with Crippen LogP contribution in [0.2, 0.25) is 5.02 Å². The minimum atomic E-state index is -3.96. The molecule has 1 heterocycles. The number of anilines is 1. The highest BCUT2D eigenvalue weighted by atomic mass is 35.5. The first-order valence-corrected chi connectivity index (χ1v) is 10.6. The van der Waals surface area contributed by atoms with Crippen LogP contribution in [-0.2, 0) is 14.8 Å². The van der Waals surface area contributed by atoms with Gasteiger partial charge in [-0.05, 0) is 36.4 Å². The Hall–Kier alpha value is -2.49. The van der Waals surface area contributed by atoms with Crippen LogP contribution in [0.4, 0.5) is 5.69 Å². The maximum absolute atomic E-state index is 12.9. The number of ether oxygens (including phenoxy) is 3. The van der Waals surface area contributed by atoms with Gasteiger partial charge in [0.1, 0.15) is 11.5 Å². The molecule has 8 nitrogen and oxygen atoms in total. The number of morpholine rings is 1. The number of amides is 1. The van der Waals surface area contributed by atoms with E-state index in [9.17, 15) is 13.2 Å². The van der Waals surface area contributed by atoms with Crippen LogP contribution in [0.3, 0.4) is 0 Å². The van der Waals surface area contributed by atoms with Gasteiger partial charge in [-0.15, -0.1) is 0 Å². The van der Waals surface area contributed by atoms with E-state index < -0.39 is 10.0 Å². The Labute approximate surface area is 174 Å². The van der Waals surface area contributed by atoms with Gasteiger partial charge in [-0.2, -0.15) is 0 Å². The molecule has 10 heteroatoms. The van der Waals surface area contributed by atoms with Crippen molar-refractivity contribution < 1.29 is 27.4 Å². The molecule has 0 saturated carbocycles. The summed E-state index contributed by atoms with van der Waals surface area (Å²) in [4.78, 5) is 14.4. The second kappa shape index (κ2) is 8.89. The highest BCUT2D eigenvalue weighted by Gasteiger charge is 2.25. The number of halogens is 1. The Morgan fingerprint density at radius 2 is 1.72 bits per heavy atom. The van der Waals surface area contributed by atoms with E-state index in [0.717, 1.165) is 0 Å². The monoisotopic (exact) mass is 440 g/mol. The lowest BCUT2D eigenvalue weighted by molar-refractivity contribution is 0.0300. The molecule has 1 aliphatic rings. The van der Waals surface area contributed by atoms with Gasteiger partial charge in [-0.3, -0.25) is 9.52 Å². The van der Waals surface area contributed by atoms with Gasteiger partial charge < -0.3 is 19.1 Å². The van der Waals surface area contributed by atoms with Crippen LogP contribution in [0.25, 0.3) is 0 Å². The van der Waals surface area contributed by atoms with Crippen LogP contribution < -0.4 is 14.2 Å². The van der Waals surface area contributed by atoms with E-state index in [1.807, 2.05) is 0 Å². The predicted molar refractivity (Wildman–Crippen MR) is 109 cm³/mol. The number of nitrogens with one attached hydrogen (secondary N) is 1. The minimum absolute atomic E-state index is 0.0677. The van der Waals surface area contributed by atoms with Crippen molar-refractivity contribution in [2.45, 2.75) is 4.90 Å². The summed E-state index contributed by atoms with van der Waals surface area (Å²) in [6.07, 6.45) is 0. The first-order valence-electron chi connectivity index (χ1n) is 8.77. The molecule has 3 rings (SSSR count). The molecule has 1 fully saturated rings. The van der Waals surface area contributed by atoms with Crippen LogP contribution >= 0.6 is 11.6 Å². The van der Waals surface area contributed by atoms with Gasteiger partial charge in [-0.1, -0.05) is 11.6 Å². The van der Waals surface area contributed by atoms with E-state index in [2.05, 4.69) is 4.72 Å². The zero-order chi connectivity index (χ0) is 21.0. The molecule has 0 aliphatic carbocycles. The average molecular weight is 441 g/mol. The van der Waals surface area contributed by atoms with Crippen molar-refractivity contribution in [3.8, 4) is 11.5 Å². The number of hydrogen-bond acceptors (Lipinski definition) is 6. The average Bonchev–Trinajstić information content (AvgIpc) is 2.73. The number of rotatable bonds is 6. The van der Waals surface area contributed by atoms with E-state index >= 15 is 0 Å². The lowest BCUT2D eigenvalue weighted by Gasteiger charge is -2.27. The third-order valence-corrected chi connectivity index (χ3v) is 6.09. The summed E-state index contributed by atoms with van der Waals surface area (Å²) in [7, 11) is -1.07. The molecule has 0 spiro atoms. The van der Waals surface area contributed by atoms with E-state index in [-0.39, 0.29) is 27.1 Å². The van der Waals surface area contributed by atoms with Gasteiger partial charge in [0.05, 0.1) is 48.6 Å². The summed E-state index contributed by atoms with van der Waals surface area (Å²) in [5.41, 5.74) is 0.442. The molecular weight excluding hydrogens is 420 g/mol. The third-order valence-electron chi connectivity index (χ3n) is 4.41. The van der Waals surface area contributed by atoms with E-state index in [1.165, 1.54) is 44.6 Å². The normalized spacial score (nSPS) is 14.4. The zero-order valence-corrected chi connectivity index (χ0v) is 17.5. The molecular formula is C19H21ClN2O6S. The Kier molecular flexibility index (Phi) is 6.51.